The van der Waals surface area contributed by atoms with E-state index in [1.807, 2.05) is 6.07 Å². The fourth-order valence-corrected chi connectivity index (χ4v) is 5.02. The standard InChI is InChI=1S/C22H23N5O5/c1-22(2)31-15-16(32-22)20(30-17(15)21(28)29)27-10-25-14-18(23-9-24-19(14)27)26-13-8-7-11-5-3-4-6-12(11)13/h3-6,9-10,13,15-17,20H,7-8H2,1-2H3,(H,28,29)(H,23,24,26). The highest BCUT2D eigenvalue weighted by molar-refractivity contribution is 5.83. The summed E-state index contributed by atoms with van der Waals surface area (Å²) in [7, 11) is 0. The molecule has 3 aromatic rings. The summed E-state index contributed by atoms with van der Waals surface area (Å²) in [6.45, 7) is 3.52. The van der Waals surface area contributed by atoms with Crippen LogP contribution in [0.1, 0.15) is 43.7 Å². The number of anilines is 1. The molecule has 10 heteroatoms. The van der Waals surface area contributed by atoms with Crippen molar-refractivity contribution in [2.45, 2.75) is 63.1 Å². The molecule has 2 saturated heterocycles. The molecule has 166 valence electrons. The van der Waals surface area contributed by atoms with Crippen molar-refractivity contribution in [3.8, 4) is 0 Å². The highest BCUT2D eigenvalue weighted by Gasteiger charge is 2.58. The minimum atomic E-state index is -1.14. The Kier molecular flexibility index (Phi) is 4.26. The van der Waals surface area contributed by atoms with Gasteiger partial charge < -0.3 is 24.6 Å². The maximum Gasteiger partial charge on any atom is 0.335 e. The molecule has 0 spiro atoms. The molecule has 2 N–H and O–H groups in total. The molecule has 6 rings (SSSR count). The van der Waals surface area contributed by atoms with E-state index in [0.29, 0.717) is 17.0 Å². The van der Waals surface area contributed by atoms with E-state index in [9.17, 15) is 9.90 Å². The van der Waals surface area contributed by atoms with Gasteiger partial charge in [0.05, 0.1) is 12.4 Å². The smallest absolute Gasteiger partial charge is 0.335 e. The molecule has 4 heterocycles. The van der Waals surface area contributed by atoms with Crippen molar-refractivity contribution >= 4 is 23.0 Å². The molecule has 10 nitrogen and oxygen atoms in total. The van der Waals surface area contributed by atoms with Gasteiger partial charge >= 0.3 is 5.97 Å². The number of aryl methyl sites for hydroxylation is 1. The number of fused-ring (bicyclic) bond motifs is 3. The zero-order chi connectivity index (χ0) is 22.0. The van der Waals surface area contributed by atoms with Crippen molar-refractivity contribution in [3.05, 3.63) is 48.0 Å². The van der Waals surface area contributed by atoms with Gasteiger partial charge in [0, 0.05) is 0 Å². The fraction of sp³-hybridized carbons (Fsp3) is 0.455. The quantitative estimate of drug-likeness (QED) is 0.634. The lowest BCUT2D eigenvalue weighted by Gasteiger charge is -2.23. The zero-order valence-corrected chi connectivity index (χ0v) is 17.6. The van der Waals surface area contributed by atoms with Crippen LogP contribution in [0.15, 0.2) is 36.9 Å². The maximum absolute atomic E-state index is 11.8. The van der Waals surface area contributed by atoms with Gasteiger partial charge in [-0.1, -0.05) is 24.3 Å². The largest absolute Gasteiger partial charge is 0.479 e. The number of nitrogens with zero attached hydrogens (tertiary/aromatic N) is 4. The van der Waals surface area contributed by atoms with Crippen molar-refractivity contribution in [1.82, 2.24) is 19.5 Å². The van der Waals surface area contributed by atoms with Crippen LogP contribution in [0.5, 0.6) is 0 Å². The third kappa shape index (κ3) is 2.98. The summed E-state index contributed by atoms with van der Waals surface area (Å²) in [4.78, 5) is 25.1. The first-order valence-corrected chi connectivity index (χ1v) is 10.7. The van der Waals surface area contributed by atoms with Gasteiger partial charge in [0.25, 0.3) is 0 Å². The first-order valence-electron chi connectivity index (χ1n) is 10.7. The van der Waals surface area contributed by atoms with E-state index in [1.54, 1.807) is 24.7 Å². The van der Waals surface area contributed by atoms with E-state index in [2.05, 4.69) is 38.5 Å². The third-order valence-electron chi connectivity index (χ3n) is 6.35. The number of carboxylic acids is 1. The summed E-state index contributed by atoms with van der Waals surface area (Å²) in [5, 5.41) is 13.1. The average molecular weight is 437 g/mol. The number of benzene rings is 1. The van der Waals surface area contributed by atoms with Gasteiger partial charge in [-0.05, 0) is 37.8 Å². The Morgan fingerprint density at radius 3 is 2.84 bits per heavy atom. The molecule has 5 unspecified atom stereocenters. The molecule has 0 saturated carbocycles. The normalized spacial score (nSPS) is 30.4. The number of nitrogens with one attached hydrogen (secondary N) is 1. The van der Waals surface area contributed by atoms with Crippen molar-refractivity contribution in [3.63, 3.8) is 0 Å². The molecule has 2 fully saturated rings. The summed E-state index contributed by atoms with van der Waals surface area (Å²) in [5.74, 6) is -1.37. The lowest BCUT2D eigenvalue weighted by molar-refractivity contribution is -0.202. The average Bonchev–Trinajstić information content (AvgIpc) is 3.50. The third-order valence-corrected chi connectivity index (χ3v) is 6.35. The number of hydrogen-bond acceptors (Lipinski definition) is 8. The predicted octanol–water partition coefficient (Wildman–Crippen LogP) is 2.43. The summed E-state index contributed by atoms with van der Waals surface area (Å²) in [6.07, 6.45) is 1.85. The van der Waals surface area contributed by atoms with Gasteiger partial charge in [0.2, 0.25) is 0 Å². The Morgan fingerprint density at radius 2 is 2.00 bits per heavy atom. The summed E-state index contributed by atoms with van der Waals surface area (Å²) >= 11 is 0. The Bertz CT molecular complexity index is 1210. The molecule has 1 aromatic carbocycles. The Hall–Kier alpha value is -3.08. The molecule has 2 aromatic heterocycles. The van der Waals surface area contributed by atoms with E-state index in [0.717, 1.165) is 12.8 Å². The second-order valence-electron chi connectivity index (χ2n) is 8.83. The number of imidazole rings is 1. The molecule has 0 radical (unpaired) electrons. The highest BCUT2D eigenvalue weighted by Crippen LogP contribution is 2.44. The molecule has 32 heavy (non-hydrogen) atoms. The lowest BCUT2D eigenvalue weighted by Crippen LogP contribution is -2.35. The fourth-order valence-electron chi connectivity index (χ4n) is 5.02. The topological polar surface area (TPSA) is 121 Å². The van der Waals surface area contributed by atoms with Crippen molar-refractivity contribution < 1.29 is 24.1 Å². The SMILES string of the molecule is CC1(C)OC2C(C(=O)O)OC(n3cnc4c(NC5CCc6ccccc65)ncnc43)C2O1. The Morgan fingerprint density at radius 1 is 1.19 bits per heavy atom. The minimum Gasteiger partial charge on any atom is -0.479 e. The summed E-state index contributed by atoms with van der Waals surface area (Å²) in [5.41, 5.74) is 3.74. The highest BCUT2D eigenvalue weighted by atomic mass is 16.8. The zero-order valence-electron chi connectivity index (χ0n) is 17.6. The van der Waals surface area contributed by atoms with E-state index in [4.69, 9.17) is 14.2 Å². The Balaban J connectivity index is 1.34. The number of aromatic nitrogens is 4. The Labute approximate surface area is 183 Å². The second-order valence-corrected chi connectivity index (χ2v) is 8.83. The van der Waals surface area contributed by atoms with Gasteiger partial charge in [-0.15, -0.1) is 0 Å². The predicted molar refractivity (Wildman–Crippen MR) is 112 cm³/mol. The number of carbonyl (C=O) groups is 1. The van der Waals surface area contributed by atoms with E-state index in [1.165, 1.54) is 17.5 Å². The number of ether oxygens (including phenoxy) is 3. The van der Waals surface area contributed by atoms with Gasteiger partial charge in [0.15, 0.2) is 35.1 Å². The van der Waals surface area contributed by atoms with Gasteiger partial charge in [-0.2, -0.15) is 0 Å². The number of hydrogen-bond donors (Lipinski definition) is 2. The van der Waals surface area contributed by atoms with Crippen molar-refractivity contribution in [2.24, 2.45) is 0 Å². The van der Waals surface area contributed by atoms with Crippen LogP contribution in [0, 0.1) is 0 Å². The van der Waals surface area contributed by atoms with Crippen LogP contribution in [0.2, 0.25) is 0 Å². The molecular formula is C22H23N5O5. The van der Waals surface area contributed by atoms with Crippen LogP contribution in [0.3, 0.4) is 0 Å². The van der Waals surface area contributed by atoms with Gasteiger partial charge in [-0.3, -0.25) is 4.57 Å². The summed E-state index contributed by atoms with van der Waals surface area (Å²) in [6, 6.07) is 8.53. The second kappa shape index (κ2) is 6.96. The molecule has 0 bridgehead atoms. The van der Waals surface area contributed by atoms with Crippen molar-refractivity contribution in [2.75, 3.05) is 5.32 Å². The molecule has 5 atom stereocenters. The van der Waals surface area contributed by atoms with Crippen LogP contribution < -0.4 is 5.32 Å². The summed E-state index contributed by atoms with van der Waals surface area (Å²) < 4.78 is 19.4. The van der Waals surface area contributed by atoms with E-state index in [-0.39, 0.29) is 6.04 Å². The minimum absolute atomic E-state index is 0.144. The maximum atomic E-state index is 11.8. The van der Waals surface area contributed by atoms with Crippen LogP contribution in [0.25, 0.3) is 11.2 Å². The first kappa shape index (κ1) is 19.6. The monoisotopic (exact) mass is 437 g/mol. The first-order chi connectivity index (χ1) is 15.4. The van der Waals surface area contributed by atoms with Crippen LogP contribution in [0.4, 0.5) is 5.82 Å². The molecular weight excluding hydrogens is 414 g/mol. The van der Waals surface area contributed by atoms with Gasteiger partial charge in [-0.25, -0.2) is 19.7 Å². The van der Waals surface area contributed by atoms with Crippen LogP contribution in [-0.2, 0) is 25.4 Å². The molecule has 0 amide bonds. The van der Waals surface area contributed by atoms with E-state index < -0.39 is 36.3 Å². The lowest BCUT2D eigenvalue weighted by atomic mass is 10.1. The number of aliphatic carboxylic acids is 1. The number of rotatable bonds is 4. The van der Waals surface area contributed by atoms with Crippen LogP contribution >= 0.6 is 0 Å². The van der Waals surface area contributed by atoms with E-state index >= 15 is 0 Å². The molecule has 1 aliphatic carbocycles. The number of carboxylic acid groups (broad SMARTS) is 1. The molecule has 3 aliphatic rings. The van der Waals surface area contributed by atoms with Crippen molar-refractivity contribution in [1.29, 1.82) is 0 Å². The van der Waals surface area contributed by atoms with Crippen LogP contribution in [-0.4, -0.2) is 54.7 Å². The van der Waals surface area contributed by atoms with Gasteiger partial charge in [0.1, 0.15) is 18.5 Å². The molecule has 2 aliphatic heterocycles.